The average molecular weight is 237 g/mol. The van der Waals surface area contributed by atoms with Gasteiger partial charge in [-0.3, -0.25) is 4.98 Å². The van der Waals surface area contributed by atoms with Crippen LogP contribution in [0.3, 0.4) is 0 Å². The highest BCUT2D eigenvalue weighted by molar-refractivity contribution is 5.92. The second kappa shape index (κ2) is 4.30. The third-order valence-electron chi connectivity index (χ3n) is 3.09. The highest BCUT2D eigenvalue weighted by Gasteiger charge is 2.10. The molecule has 0 saturated carbocycles. The van der Waals surface area contributed by atoms with Gasteiger partial charge in [0.05, 0.1) is 5.52 Å². The fourth-order valence-electron chi connectivity index (χ4n) is 2.11. The number of hydrogen-bond donors (Lipinski definition) is 0. The first-order valence-electron chi connectivity index (χ1n) is 6.19. The Bertz CT molecular complexity index is 677. The maximum atomic E-state index is 5.90. The van der Waals surface area contributed by atoms with E-state index in [0.717, 1.165) is 28.0 Å². The first-order valence-corrected chi connectivity index (χ1v) is 6.19. The van der Waals surface area contributed by atoms with E-state index in [0.29, 0.717) is 5.92 Å². The van der Waals surface area contributed by atoms with Crippen molar-refractivity contribution in [1.29, 1.82) is 0 Å². The lowest BCUT2D eigenvalue weighted by molar-refractivity contribution is 0.499. The van der Waals surface area contributed by atoms with Gasteiger partial charge in [0.25, 0.3) is 0 Å². The molecule has 0 saturated heterocycles. The number of pyridine rings is 1. The van der Waals surface area contributed by atoms with Gasteiger partial charge in [-0.2, -0.15) is 0 Å². The molecule has 0 amide bonds. The van der Waals surface area contributed by atoms with Crippen LogP contribution in [0.4, 0.5) is 0 Å². The summed E-state index contributed by atoms with van der Waals surface area (Å²) in [6.45, 7) is 4.26. The van der Waals surface area contributed by atoms with Gasteiger partial charge in [0.15, 0.2) is 0 Å². The van der Waals surface area contributed by atoms with Gasteiger partial charge in [-0.15, -0.1) is 0 Å². The number of furan rings is 1. The Kier molecular flexibility index (Phi) is 2.63. The van der Waals surface area contributed by atoms with Gasteiger partial charge in [-0.05, 0) is 24.3 Å². The van der Waals surface area contributed by atoms with E-state index in [4.69, 9.17) is 4.42 Å². The van der Waals surface area contributed by atoms with E-state index >= 15 is 0 Å². The number of aromatic nitrogens is 1. The molecule has 2 heterocycles. The molecule has 3 rings (SSSR count). The zero-order chi connectivity index (χ0) is 12.5. The molecule has 2 nitrogen and oxygen atoms in total. The molecule has 0 spiro atoms. The van der Waals surface area contributed by atoms with Gasteiger partial charge in [-0.1, -0.05) is 32.0 Å². The summed E-state index contributed by atoms with van der Waals surface area (Å²) in [4.78, 5) is 4.45. The molecule has 3 aromatic rings. The summed E-state index contributed by atoms with van der Waals surface area (Å²) in [5.74, 6) is 2.31. The van der Waals surface area contributed by atoms with Crippen molar-refractivity contribution in [2.75, 3.05) is 0 Å². The Morgan fingerprint density at radius 3 is 2.61 bits per heavy atom. The predicted molar refractivity (Wildman–Crippen MR) is 73.5 cm³/mol. The topological polar surface area (TPSA) is 26.0 Å². The number of nitrogens with zero attached hydrogens (tertiary/aromatic N) is 1. The fraction of sp³-hybridized carbons (Fsp3) is 0.188. The molecule has 0 radical (unpaired) electrons. The van der Waals surface area contributed by atoms with Crippen LogP contribution >= 0.6 is 0 Å². The molecule has 0 aliphatic heterocycles. The lowest BCUT2D eigenvalue weighted by atomic mass is 10.1. The third-order valence-corrected chi connectivity index (χ3v) is 3.09. The third kappa shape index (κ3) is 1.80. The molecule has 2 aromatic heterocycles. The first-order chi connectivity index (χ1) is 8.75. The normalized spacial score (nSPS) is 11.3. The lowest BCUT2D eigenvalue weighted by Gasteiger charge is -2.03. The van der Waals surface area contributed by atoms with Crippen LogP contribution in [0, 0.1) is 0 Å². The Balaban J connectivity index is 2.18. The molecular formula is C16H15NO. The van der Waals surface area contributed by atoms with Crippen LogP contribution in [0.25, 0.3) is 22.2 Å². The lowest BCUT2D eigenvalue weighted by Crippen LogP contribution is -1.83. The predicted octanol–water partition coefficient (Wildman–Crippen LogP) is 4.62. The molecule has 0 bridgehead atoms. The standard InChI is InChI=1S/C16H15NO/c1-11(2)14-8-9-15(18-14)13-7-3-5-12-6-4-10-17-16(12)13/h3-11H,1-2H3. The molecule has 0 atom stereocenters. The number of hydrogen-bond acceptors (Lipinski definition) is 2. The molecule has 18 heavy (non-hydrogen) atoms. The first kappa shape index (κ1) is 11.0. The van der Waals surface area contributed by atoms with Gasteiger partial charge < -0.3 is 4.42 Å². The molecule has 0 fully saturated rings. The van der Waals surface area contributed by atoms with E-state index < -0.39 is 0 Å². The van der Waals surface area contributed by atoms with Gasteiger partial charge >= 0.3 is 0 Å². The smallest absolute Gasteiger partial charge is 0.136 e. The molecule has 1 aromatic carbocycles. The van der Waals surface area contributed by atoms with Crippen LogP contribution in [-0.2, 0) is 0 Å². The van der Waals surface area contributed by atoms with Crippen molar-refractivity contribution in [1.82, 2.24) is 4.98 Å². The Hall–Kier alpha value is -2.09. The fourth-order valence-corrected chi connectivity index (χ4v) is 2.11. The summed E-state index contributed by atoms with van der Waals surface area (Å²) in [5.41, 5.74) is 2.05. The van der Waals surface area contributed by atoms with E-state index in [1.165, 1.54) is 0 Å². The maximum absolute atomic E-state index is 5.90. The van der Waals surface area contributed by atoms with E-state index in [1.807, 2.05) is 30.5 Å². The number of fused-ring (bicyclic) bond motifs is 1. The molecular weight excluding hydrogens is 222 g/mol. The maximum Gasteiger partial charge on any atom is 0.136 e. The number of benzene rings is 1. The number of rotatable bonds is 2. The van der Waals surface area contributed by atoms with Gasteiger partial charge in [0, 0.05) is 23.1 Å². The highest BCUT2D eigenvalue weighted by Crippen LogP contribution is 2.30. The minimum atomic E-state index is 0.404. The van der Waals surface area contributed by atoms with Crippen molar-refractivity contribution in [2.45, 2.75) is 19.8 Å². The number of para-hydroxylation sites is 1. The largest absolute Gasteiger partial charge is 0.461 e. The van der Waals surface area contributed by atoms with Crippen LogP contribution in [-0.4, -0.2) is 4.98 Å². The van der Waals surface area contributed by atoms with E-state index in [9.17, 15) is 0 Å². The zero-order valence-corrected chi connectivity index (χ0v) is 10.6. The van der Waals surface area contributed by atoms with E-state index in [1.54, 1.807) is 0 Å². The van der Waals surface area contributed by atoms with Crippen molar-refractivity contribution in [3.8, 4) is 11.3 Å². The van der Waals surface area contributed by atoms with Crippen LogP contribution in [0.5, 0.6) is 0 Å². The van der Waals surface area contributed by atoms with Crippen molar-refractivity contribution < 1.29 is 4.42 Å². The van der Waals surface area contributed by atoms with Crippen molar-refractivity contribution >= 4 is 10.9 Å². The van der Waals surface area contributed by atoms with Crippen LogP contribution in [0.1, 0.15) is 25.5 Å². The summed E-state index contributed by atoms with van der Waals surface area (Å²) in [6.07, 6.45) is 1.82. The SMILES string of the molecule is CC(C)c1ccc(-c2cccc3cccnc23)o1. The minimum Gasteiger partial charge on any atom is -0.461 e. The van der Waals surface area contributed by atoms with Gasteiger partial charge in [-0.25, -0.2) is 0 Å². The molecule has 0 aliphatic carbocycles. The van der Waals surface area contributed by atoms with E-state index in [-0.39, 0.29) is 0 Å². The molecule has 0 unspecified atom stereocenters. The highest BCUT2D eigenvalue weighted by atomic mass is 16.3. The molecule has 2 heteroatoms. The van der Waals surface area contributed by atoms with Crippen LogP contribution < -0.4 is 0 Å². The quantitative estimate of drug-likeness (QED) is 0.650. The second-order valence-electron chi connectivity index (χ2n) is 4.74. The summed E-state index contributed by atoms with van der Waals surface area (Å²) >= 11 is 0. The van der Waals surface area contributed by atoms with Gasteiger partial charge in [0.1, 0.15) is 11.5 Å². The monoisotopic (exact) mass is 237 g/mol. The minimum absolute atomic E-state index is 0.404. The van der Waals surface area contributed by atoms with Gasteiger partial charge in [0.2, 0.25) is 0 Å². The molecule has 0 N–H and O–H groups in total. The summed E-state index contributed by atoms with van der Waals surface area (Å²) in [7, 11) is 0. The van der Waals surface area contributed by atoms with Crippen molar-refractivity contribution in [3.63, 3.8) is 0 Å². The summed E-state index contributed by atoms with van der Waals surface area (Å²) in [6, 6.07) is 14.2. The van der Waals surface area contributed by atoms with Crippen molar-refractivity contribution in [3.05, 3.63) is 54.4 Å². The summed E-state index contributed by atoms with van der Waals surface area (Å²) < 4.78 is 5.90. The second-order valence-corrected chi connectivity index (χ2v) is 4.74. The van der Waals surface area contributed by atoms with Crippen LogP contribution in [0.2, 0.25) is 0 Å². The van der Waals surface area contributed by atoms with Crippen LogP contribution in [0.15, 0.2) is 53.1 Å². The Labute approximate surface area is 106 Å². The summed E-state index contributed by atoms with van der Waals surface area (Å²) in [5, 5.41) is 1.14. The molecule has 90 valence electrons. The van der Waals surface area contributed by atoms with E-state index in [2.05, 4.69) is 37.0 Å². The average Bonchev–Trinajstić information content (AvgIpc) is 2.87. The Morgan fingerprint density at radius 2 is 1.83 bits per heavy atom. The Morgan fingerprint density at radius 1 is 1.00 bits per heavy atom. The molecule has 0 aliphatic rings. The zero-order valence-electron chi connectivity index (χ0n) is 10.6. The van der Waals surface area contributed by atoms with Crippen molar-refractivity contribution in [2.24, 2.45) is 0 Å².